The topological polar surface area (TPSA) is 121 Å². The summed E-state index contributed by atoms with van der Waals surface area (Å²) in [6.07, 6.45) is 10.4. The maximum absolute atomic E-state index is 13.1. The predicted octanol–water partition coefficient (Wildman–Crippen LogP) is 21.2. The van der Waals surface area contributed by atoms with Gasteiger partial charge in [-0.05, 0) is 182 Å². The number of nitrogens with zero attached hydrogens (tertiary/aromatic N) is 2. The van der Waals surface area contributed by atoms with Crippen LogP contribution in [-0.2, 0) is 55.3 Å². The Morgan fingerprint density at radius 1 is 0.402 bits per heavy atom. The number of aromatic amines is 2. The van der Waals surface area contributed by atoms with Gasteiger partial charge in [-0.2, -0.15) is 0 Å². The van der Waals surface area contributed by atoms with Crippen molar-refractivity contribution in [3.8, 4) is 50.3 Å². The van der Waals surface area contributed by atoms with E-state index in [4.69, 9.17) is 32.7 Å². The van der Waals surface area contributed by atoms with Crippen LogP contribution in [0, 0.1) is 0 Å². The van der Waals surface area contributed by atoms with Gasteiger partial charge in [0.15, 0.2) is 0 Å². The molecule has 3 aromatic heterocycles. The van der Waals surface area contributed by atoms with E-state index in [9.17, 15) is 4.79 Å². The number of carbonyl (C=O) groups excluding carboxylic acids is 1. The van der Waals surface area contributed by atoms with Crippen molar-refractivity contribution in [2.45, 2.75) is 203 Å². The molecule has 0 saturated carbocycles. The van der Waals surface area contributed by atoms with Gasteiger partial charge in [0.25, 0.3) is 0 Å². The van der Waals surface area contributed by atoms with Crippen LogP contribution in [0.2, 0.25) is 6.04 Å². The number of unbranched alkanes of at least 4 members (excludes halogenated alkanes) is 1. The molecule has 0 radical (unpaired) electrons. The summed E-state index contributed by atoms with van der Waals surface area (Å²) in [4.78, 5) is 32.8. The van der Waals surface area contributed by atoms with Crippen molar-refractivity contribution in [3.63, 3.8) is 0 Å². The number of benzene rings is 4. The molecule has 0 amide bonds. The summed E-state index contributed by atoms with van der Waals surface area (Å²) in [5.41, 5.74) is 21.9. The third-order valence-corrected chi connectivity index (χ3v) is 20.7. The van der Waals surface area contributed by atoms with E-state index >= 15 is 0 Å². The lowest BCUT2D eigenvalue weighted by molar-refractivity contribution is -0.144. The fraction of sp³-hybridized carbons (Fsp3) is 0.444. The zero-order chi connectivity index (χ0) is 66.9. The van der Waals surface area contributed by atoms with Gasteiger partial charge in [-0.15, -0.1) is 0 Å². The smallest absolute Gasteiger partial charge is 0.490 e. The van der Waals surface area contributed by atoms with E-state index in [2.05, 4.69) is 250 Å². The molecule has 0 spiro atoms. The highest BCUT2D eigenvalue weighted by atomic mass is 28.4. The molecule has 9 rings (SSSR count). The second-order valence-corrected chi connectivity index (χ2v) is 33.9. The summed E-state index contributed by atoms with van der Waals surface area (Å²) >= 11 is 0. The Morgan fingerprint density at radius 3 is 1.04 bits per heavy atom. The van der Waals surface area contributed by atoms with Crippen LogP contribution in [0.1, 0.15) is 221 Å². The van der Waals surface area contributed by atoms with Gasteiger partial charge in [-0.3, -0.25) is 4.79 Å². The molecule has 92 heavy (non-hydrogen) atoms. The van der Waals surface area contributed by atoms with E-state index < -0.39 is 8.80 Å². The number of ether oxygens (including phenoxy) is 2. The van der Waals surface area contributed by atoms with Crippen LogP contribution in [0.5, 0.6) is 5.75 Å². The third kappa shape index (κ3) is 16.1. The van der Waals surface area contributed by atoms with Crippen molar-refractivity contribution in [3.05, 3.63) is 159 Å². The number of carbonyl (C=O) groups is 1. The van der Waals surface area contributed by atoms with Crippen LogP contribution in [0.15, 0.2) is 103 Å². The second kappa shape index (κ2) is 27.1. The summed E-state index contributed by atoms with van der Waals surface area (Å²) in [5.74, 6) is 0.376. The summed E-state index contributed by atoms with van der Waals surface area (Å²) in [7, 11) is -2.79. The molecule has 2 aliphatic rings. The maximum atomic E-state index is 13.1. The third-order valence-electron chi connectivity index (χ3n) is 17.6. The molecule has 0 atom stereocenters. The predicted molar refractivity (Wildman–Crippen MR) is 389 cm³/mol. The summed E-state index contributed by atoms with van der Waals surface area (Å²) < 4.78 is 30.3. The normalized spacial score (nSPS) is 13.3. The summed E-state index contributed by atoms with van der Waals surface area (Å²) in [6.45, 7) is 49.1. The second-order valence-electron chi connectivity index (χ2n) is 31.2. The van der Waals surface area contributed by atoms with Gasteiger partial charge >= 0.3 is 14.8 Å². The van der Waals surface area contributed by atoms with Crippen LogP contribution in [0.3, 0.4) is 0 Å². The number of aromatic nitrogens is 4. The fourth-order valence-corrected chi connectivity index (χ4v) is 14.8. The molecule has 4 aromatic carbocycles. The van der Waals surface area contributed by atoms with Gasteiger partial charge in [0.2, 0.25) is 0 Å². The molecule has 11 heteroatoms. The molecule has 8 bridgehead atoms. The lowest BCUT2D eigenvalue weighted by Crippen LogP contribution is -2.45. The first kappa shape index (κ1) is 69.2. The average molecular weight is 1260 g/mol. The van der Waals surface area contributed by atoms with Crippen molar-refractivity contribution in [2.24, 2.45) is 0 Å². The number of H-pyrrole nitrogens is 2. The highest BCUT2D eigenvalue weighted by Gasteiger charge is 2.40. The van der Waals surface area contributed by atoms with Gasteiger partial charge in [0, 0.05) is 76.6 Å². The van der Waals surface area contributed by atoms with Crippen LogP contribution in [0.4, 0.5) is 0 Å². The molecule has 0 unspecified atom stereocenters. The average Bonchev–Trinajstić information content (AvgIpc) is 1.45. The van der Waals surface area contributed by atoms with Crippen LogP contribution in [0.25, 0.3) is 90.9 Å². The molecule has 0 fully saturated rings. The highest BCUT2D eigenvalue weighted by molar-refractivity contribution is 6.60. The van der Waals surface area contributed by atoms with E-state index in [1.54, 1.807) is 0 Å². The van der Waals surface area contributed by atoms with Gasteiger partial charge in [0.05, 0.1) is 22.8 Å². The molecule has 0 saturated heterocycles. The minimum absolute atomic E-state index is 0.110. The SMILES string of the molecule is CCO[Si](CCCCC(=O)OCCOc1cccc(-c2c3nc(c(-c4cc(C(C)(C)C)cc(C(C)(C)C)c4)c4ccc([nH]4)c(-c4cc(C(C)(C)C)cc(C(C)(C)C)c4)c4nc(c(-c5cc(C(C)(C)C)cc(C(C)(C)C)c5)c5ccc2[nH]5)C=C4)C=C3)c1)(OCC)OCC. The van der Waals surface area contributed by atoms with Crippen LogP contribution in [-0.4, -0.2) is 67.7 Å². The lowest BCUT2D eigenvalue weighted by Gasteiger charge is -2.28. The largest absolute Gasteiger partial charge is 0.500 e. The molecule has 488 valence electrons. The molecule has 2 aliphatic heterocycles. The Labute approximate surface area is 551 Å². The van der Waals surface area contributed by atoms with Gasteiger partial charge in [0.1, 0.15) is 19.0 Å². The maximum Gasteiger partial charge on any atom is 0.500 e. The Bertz CT molecular complexity index is 3890. The number of esters is 1. The Balaban J connectivity index is 1.29. The van der Waals surface area contributed by atoms with Crippen molar-refractivity contribution in [1.29, 1.82) is 0 Å². The number of nitrogens with one attached hydrogen (secondary N) is 2. The summed E-state index contributed by atoms with van der Waals surface area (Å²) in [6, 6.07) is 39.1. The van der Waals surface area contributed by atoms with Crippen molar-refractivity contribution < 1.29 is 27.5 Å². The van der Waals surface area contributed by atoms with Gasteiger partial charge in [-0.25, -0.2) is 9.97 Å². The zero-order valence-electron chi connectivity index (χ0n) is 59.3. The van der Waals surface area contributed by atoms with Crippen LogP contribution >= 0.6 is 0 Å². The number of fused-ring (bicyclic) bond motifs is 8. The Morgan fingerprint density at radius 2 is 0.728 bits per heavy atom. The molecular formula is C81H104N4O6Si. The fourth-order valence-electron chi connectivity index (χ4n) is 12.1. The van der Waals surface area contributed by atoms with E-state index in [0.29, 0.717) is 38.0 Å². The van der Waals surface area contributed by atoms with Crippen molar-refractivity contribution in [1.82, 2.24) is 19.9 Å². The molecule has 2 N–H and O–H groups in total. The van der Waals surface area contributed by atoms with Gasteiger partial charge < -0.3 is 32.7 Å². The van der Waals surface area contributed by atoms with Crippen molar-refractivity contribution >= 4 is 61.1 Å². The Kier molecular flexibility index (Phi) is 20.3. The van der Waals surface area contributed by atoms with E-state index in [-0.39, 0.29) is 58.1 Å². The number of hydrogen-bond acceptors (Lipinski definition) is 8. The Hall–Kier alpha value is -7.15. The molecule has 10 nitrogen and oxygen atoms in total. The monoisotopic (exact) mass is 1260 g/mol. The quantitative estimate of drug-likeness (QED) is 0.0467. The molecule has 5 heterocycles. The zero-order valence-corrected chi connectivity index (χ0v) is 60.3. The first-order valence-corrected chi connectivity index (χ1v) is 35.5. The number of hydrogen-bond donors (Lipinski definition) is 2. The van der Waals surface area contributed by atoms with Crippen LogP contribution < -0.4 is 4.74 Å². The highest BCUT2D eigenvalue weighted by Crippen LogP contribution is 2.44. The van der Waals surface area contributed by atoms with Crippen molar-refractivity contribution in [2.75, 3.05) is 33.0 Å². The first-order chi connectivity index (χ1) is 43.1. The van der Waals surface area contributed by atoms with E-state index in [1.165, 1.54) is 33.4 Å². The molecule has 0 aliphatic carbocycles. The number of rotatable bonds is 19. The molecule has 7 aromatic rings. The van der Waals surface area contributed by atoms with E-state index in [1.807, 2.05) is 32.9 Å². The van der Waals surface area contributed by atoms with Gasteiger partial charge in [-0.1, -0.05) is 191 Å². The first-order valence-electron chi connectivity index (χ1n) is 33.6. The molecular weight excluding hydrogens is 1150 g/mol. The minimum Gasteiger partial charge on any atom is -0.490 e. The standard InChI is InChI=1S/C81H104N4O6Si/c1-22-89-92(90-23-2,91-24-3)41-26-25-30-71(86)88-40-39-87-62-29-27-28-52(48-62)72-63-31-33-65(82-63)73(53-42-56(76(4,5)6)49-57(43-53)77(7,8)9)67-35-37-69(84-67)75(55-46-60(80(16,17)18)51-61(47-55)81(19,20)21)70-38-36-68(85-70)74(66-34-32-64(72)83-66)54-44-58(78(10,11)12)50-59(45-54)79(13,14)15/h27-29,31-38,42-51,82,85H,22-26,30,39-41H2,1-21H3. The van der Waals surface area contributed by atoms with E-state index in [0.717, 1.165) is 95.8 Å². The minimum atomic E-state index is -2.79. The summed E-state index contributed by atoms with van der Waals surface area (Å²) in [5, 5.41) is 0. The lowest BCUT2D eigenvalue weighted by atomic mass is 9.78.